The summed E-state index contributed by atoms with van der Waals surface area (Å²) in [5.74, 6) is 0.476. The Morgan fingerprint density at radius 1 is 1.30 bits per heavy atom. The summed E-state index contributed by atoms with van der Waals surface area (Å²) in [6.07, 6.45) is 17.6. The molecular formula is C28H41N5. The van der Waals surface area contributed by atoms with E-state index >= 15 is 0 Å². The fourth-order valence-corrected chi connectivity index (χ4v) is 4.34. The van der Waals surface area contributed by atoms with Gasteiger partial charge in [-0.1, -0.05) is 51.2 Å². The predicted octanol–water partition coefficient (Wildman–Crippen LogP) is 4.98. The van der Waals surface area contributed by atoms with Gasteiger partial charge in [-0.25, -0.2) is 4.98 Å². The van der Waals surface area contributed by atoms with Crippen molar-refractivity contribution in [2.24, 2.45) is 17.1 Å². The van der Waals surface area contributed by atoms with Crippen molar-refractivity contribution in [3.63, 3.8) is 0 Å². The first kappa shape index (κ1) is 25.2. The maximum absolute atomic E-state index is 4.92. The van der Waals surface area contributed by atoms with Crippen molar-refractivity contribution in [3.8, 4) is 0 Å². The molecule has 0 bridgehead atoms. The Morgan fingerprint density at radius 2 is 2.09 bits per heavy atom. The van der Waals surface area contributed by atoms with Crippen molar-refractivity contribution in [2.75, 3.05) is 33.4 Å². The monoisotopic (exact) mass is 447 g/mol. The second-order valence-electron chi connectivity index (χ2n) is 10.2. The van der Waals surface area contributed by atoms with Crippen LogP contribution in [0.3, 0.4) is 0 Å². The Bertz CT molecular complexity index is 1020. The van der Waals surface area contributed by atoms with Crippen LogP contribution in [0.15, 0.2) is 67.1 Å². The maximum Gasteiger partial charge on any atom is 0.140 e. The van der Waals surface area contributed by atoms with E-state index in [1.54, 1.807) is 7.05 Å². The molecule has 5 nitrogen and oxygen atoms in total. The lowest BCUT2D eigenvalue weighted by Gasteiger charge is -2.32. The Balaban J connectivity index is 0.000000709. The van der Waals surface area contributed by atoms with Gasteiger partial charge in [-0.3, -0.25) is 4.90 Å². The summed E-state index contributed by atoms with van der Waals surface area (Å²) in [5, 5.41) is 3.94. The van der Waals surface area contributed by atoms with Gasteiger partial charge >= 0.3 is 0 Å². The van der Waals surface area contributed by atoms with Crippen LogP contribution in [0.25, 0.3) is 16.6 Å². The molecule has 0 amide bonds. The molecule has 3 heterocycles. The molecule has 2 aromatic heterocycles. The molecular weight excluding hydrogens is 406 g/mol. The number of fused-ring (bicyclic) bond motifs is 1. The molecule has 178 valence electrons. The number of rotatable bonds is 6. The van der Waals surface area contributed by atoms with E-state index in [0.29, 0.717) is 18.0 Å². The summed E-state index contributed by atoms with van der Waals surface area (Å²) in [5.41, 5.74) is 10.4. The van der Waals surface area contributed by atoms with Crippen LogP contribution < -0.4 is 11.1 Å². The number of pyridine rings is 1. The van der Waals surface area contributed by atoms with E-state index in [0.717, 1.165) is 44.7 Å². The van der Waals surface area contributed by atoms with E-state index in [1.807, 2.05) is 6.08 Å². The Hall–Kier alpha value is -2.47. The summed E-state index contributed by atoms with van der Waals surface area (Å²) in [6.45, 7) is 15.6. The summed E-state index contributed by atoms with van der Waals surface area (Å²) in [6, 6.07) is 4.50. The van der Waals surface area contributed by atoms with Gasteiger partial charge in [0.05, 0.1) is 0 Å². The molecule has 33 heavy (non-hydrogen) atoms. The lowest BCUT2D eigenvalue weighted by atomic mass is 9.94. The third kappa shape index (κ3) is 7.26. The van der Waals surface area contributed by atoms with E-state index in [9.17, 15) is 0 Å². The number of hydrogen-bond donors (Lipinski definition) is 2. The number of nitrogens with zero attached hydrogens (tertiary/aromatic N) is 3. The standard InChI is InChI=1S/C26H33N3.C2H8N2/c1-5-20-6-8-21(9-7-20)18-29-15-12-23-16-24(17-27-25(23)29)22-10-13-28(14-11-22)19-26(2,3)4;1-4-2-3/h5-6,8-10,12,15-17,20H,1,7,11,13-14,18-19H2,2-4H3;4H,2-3H2,1H3. The topological polar surface area (TPSA) is 59.1 Å². The molecule has 0 spiro atoms. The molecule has 1 aliphatic heterocycles. The number of aromatic nitrogens is 2. The van der Waals surface area contributed by atoms with Crippen LogP contribution in [0.5, 0.6) is 0 Å². The van der Waals surface area contributed by atoms with Crippen molar-refractivity contribution >= 4 is 16.6 Å². The minimum Gasteiger partial charge on any atom is -0.328 e. The van der Waals surface area contributed by atoms with Crippen molar-refractivity contribution in [1.82, 2.24) is 19.8 Å². The molecule has 0 saturated heterocycles. The van der Waals surface area contributed by atoms with E-state index in [-0.39, 0.29) is 0 Å². The summed E-state index contributed by atoms with van der Waals surface area (Å²) in [4.78, 5) is 7.38. The molecule has 1 unspecified atom stereocenters. The van der Waals surface area contributed by atoms with Crippen LogP contribution in [0.2, 0.25) is 0 Å². The lowest BCUT2D eigenvalue weighted by Crippen LogP contribution is -2.35. The highest BCUT2D eigenvalue weighted by atomic mass is 15.1. The van der Waals surface area contributed by atoms with Gasteiger partial charge in [-0.2, -0.15) is 0 Å². The SMILES string of the molecule is C=CC1C=CC(Cn2ccc3cc(C4=CCN(CC(C)(C)C)CC4)cnc32)=CC1.CNCN. The zero-order valence-electron chi connectivity index (χ0n) is 20.8. The van der Waals surface area contributed by atoms with Crippen molar-refractivity contribution < 1.29 is 0 Å². The highest BCUT2D eigenvalue weighted by molar-refractivity contribution is 5.81. The molecule has 0 fully saturated rings. The number of nitrogens with one attached hydrogen (secondary N) is 1. The normalized spacial score (nSPS) is 19.0. The average molecular weight is 448 g/mol. The Kier molecular flexibility index (Phi) is 8.84. The van der Waals surface area contributed by atoms with Gasteiger partial charge < -0.3 is 15.6 Å². The molecule has 0 saturated carbocycles. The summed E-state index contributed by atoms with van der Waals surface area (Å²) >= 11 is 0. The van der Waals surface area contributed by atoms with E-state index in [1.165, 1.54) is 22.1 Å². The number of allylic oxidation sites excluding steroid dienone is 5. The highest BCUT2D eigenvalue weighted by Gasteiger charge is 2.19. The molecule has 1 aliphatic carbocycles. The van der Waals surface area contributed by atoms with Gasteiger partial charge in [0.2, 0.25) is 0 Å². The third-order valence-electron chi connectivity index (χ3n) is 6.03. The predicted molar refractivity (Wildman–Crippen MR) is 142 cm³/mol. The van der Waals surface area contributed by atoms with Gasteiger partial charge in [-0.15, -0.1) is 6.58 Å². The molecule has 2 aromatic rings. The highest BCUT2D eigenvalue weighted by Crippen LogP contribution is 2.27. The first-order valence-electron chi connectivity index (χ1n) is 12.0. The van der Waals surface area contributed by atoms with Crippen LogP contribution in [-0.4, -0.2) is 47.8 Å². The number of nitrogens with two attached hydrogens (primary N) is 1. The maximum atomic E-state index is 4.92. The van der Waals surface area contributed by atoms with Crippen LogP contribution in [0, 0.1) is 11.3 Å². The second kappa shape index (κ2) is 11.6. The lowest BCUT2D eigenvalue weighted by molar-refractivity contribution is 0.207. The van der Waals surface area contributed by atoms with Crippen molar-refractivity contribution in [2.45, 2.75) is 40.2 Å². The van der Waals surface area contributed by atoms with Gasteiger partial charge in [0.1, 0.15) is 5.65 Å². The minimum atomic E-state index is 0.351. The quantitative estimate of drug-likeness (QED) is 0.484. The fraction of sp³-hybridized carbons (Fsp3) is 0.464. The minimum absolute atomic E-state index is 0.351. The van der Waals surface area contributed by atoms with E-state index < -0.39 is 0 Å². The average Bonchev–Trinajstić information content (AvgIpc) is 3.21. The second-order valence-corrected chi connectivity index (χ2v) is 10.2. The Labute approximate surface area is 199 Å². The van der Waals surface area contributed by atoms with Crippen LogP contribution in [0.1, 0.15) is 39.2 Å². The van der Waals surface area contributed by atoms with Crippen molar-refractivity contribution in [3.05, 3.63) is 72.6 Å². The number of hydrogen-bond acceptors (Lipinski definition) is 4. The molecule has 4 rings (SSSR count). The molecule has 0 radical (unpaired) electrons. The summed E-state index contributed by atoms with van der Waals surface area (Å²) in [7, 11) is 1.81. The smallest absolute Gasteiger partial charge is 0.140 e. The van der Waals surface area contributed by atoms with E-state index in [2.05, 4.69) is 91.0 Å². The van der Waals surface area contributed by atoms with Gasteiger partial charge in [-0.05, 0) is 60.1 Å². The van der Waals surface area contributed by atoms with Gasteiger partial charge in [0, 0.05) is 50.6 Å². The van der Waals surface area contributed by atoms with Crippen molar-refractivity contribution in [1.29, 1.82) is 0 Å². The summed E-state index contributed by atoms with van der Waals surface area (Å²) < 4.78 is 2.25. The molecule has 1 atom stereocenters. The third-order valence-corrected chi connectivity index (χ3v) is 6.03. The Morgan fingerprint density at radius 3 is 2.67 bits per heavy atom. The van der Waals surface area contributed by atoms with Gasteiger partial charge in [0.15, 0.2) is 0 Å². The fourth-order valence-electron chi connectivity index (χ4n) is 4.34. The zero-order chi connectivity index (χ0) is 23.8. The molecule has 0 aromatic carbocycles. The first-order chi connectivity index (χ1) is 15.8. The largest absolute Gasteiger partial charge is 0.328 e. The zero-order valence-corrected chi connectivity index (χ0v) is 20.8. The van der Waals surface area contributed by atoms with E-state index in [4.69, 9.17) is 10.7 Å². The first-order valence-corrected chi connectivity index (χ1v) is 12.0. The van der Waals surface area contributed by atoms with Crippen LogP contribution >= 0.6 is 0 Å². The molecule has 3 N–H and O–H groups in total. The molecule has 5 heteroatoms. The van der Waals surface area contributed by atoms with Crippen LogP contribution in [0.4, 0.5) is 0 Å². The molecule has 2 aliphatic rings. The van der Waals surface area contributed by atoms with Gasteiger partial charge in [0.25, 0.3) is 0 Å². The van der Waals surface area contributed by atoms with Crippen LogP contribution in [-0.2, 0) is 6.54 Å².